The van der Waals surface area contributed by atoms with Crippen LogP contribution in [0.1, 0.15) is 15.4 Å². The average Bonchev–Trinajstić information content (AvgIpc) is 3.09. The van der Waals surface area contributed by atoms with Crippen LogP contribution in [-0.2, 0) is 0 Å². The second-order valence-corrected chi connectivity index (χ2v) is 6.95. The highest BCUT2D eigenvalue weighted by Gasteiger charge is 2.18. The van der Waals surface area contributed by atoms with Gasteiger partial charge in [0.1, 0.15) is 9.88 Å². The Morgan fingerprint density at radius 2 is 2.10 bits per heavy atom. The van der Waals surface area contributed by atoms with E-state index in [1.54, 1.807) is 11.8 Å². The molecule has 7 heteroatoms. The molecule has 1 aliphatic rings. The van der Waals surface area contributed by atoms with Gasteiger partial charge in [-0.3, -0.25) is 9.79 Å². The van der Waals surface area contributed by atoms with Gasteiger partial charge in [-0.25, -0.2) is 4.98 Å². The summed E-state index contributed by atoms with van der Waals surface area (Å²) in [5.41, 5.74) is 1.69. The SMILES string of the molecule is Cc1nc(-c2ccc(Cl)cc2)sc1C(=O)NC1=NCCS1. The fourth-order valence-corrected chi connectivity index (χ4v) is 3.70. The number of hydrogen-bond acceptors (Lipinski definition) is 5. The van der Waals surface area contributed by atoms with Gasteiger partial charge in [-0.15, -0.1) is 11.3 Å². The molecule has 0 saturated heterocycles. The highest BCUT2D eigenvalue weighted by Crippen LogP contribution is 2.29. The number of benzene rings is 1. The van der Waals surface area contributed by atoms with Crippen molar-refractivity contribution in [1.82, 2.24) is 10.3 Å². The monoisotopic (exact) mass is 337 g/mol. The zero-order valence-corrected chi connectivity index (χ0v) is 13.6. The van der Waals surface area contributed by atoms with E-state index in [2.05, 4.69) is 15.3 Å². The van der Waals surface area contributed by atoms with Crippen molar-refractivity contribution in [3.8, 4) is 10.6 Å². The van der Waals surface area contributed by atoms with Crippen LogP contribution in [-0.4, -0.2) is 28.4 Å². The van der Waals surface area contributed by atoms with Gasteiger partial charge < -0.3 is 5.32 Å². The lowest BCUT2D eigenvalue weighted by atomic mass is 10.2. The Balaban J connectivity index is 1.83. The minimum absolute atomic E-state index is 0.140. The lowest BCUT2D eigenvalue weighted by molar-refractivity contribution is 0.0981. The van der Waals surface area contributed by atoms with Crippen molar-refractivity contribution in [2.24, 2.45) is 4.99 Å². The first kappa shape index (κ1) is 14.6. The maximum atomic E-state index is 12.3. The number of amidine groups is 1. The molecule has 3 rings (SSSR count). The summed E-state index contributed by atoms with van der Waals surface area (Å²) in [7, 11) is 0. The summed E-state index contributed by atoms with van der Waals surface area (Å²) in [4.78, 5) is 21.6. The van der Waals surface area contributed by atoms with E-state index in [0.717, 1.165) is 28.6 Å². The molecule has 1 amide bonds. The Kier molecular flexibility index (Phi) is 4.28. The highest BCUT2D eigenvalue weighted by molar-refractivity contribution is 8.14. The largest absolute Gasteiger partial charge is 0.301 e. The van der Waals surface area contributed by atoms with Crippen molar-refractivity contribution < 1.29 is 4.79 Å². The third kappa shape index (κ3) is 3.28. The van der Waals surface area contributed by atoms with Crippen LogP contribution in [0.25, 0.3) is 10.6 Å². The molecule has 0 spiro atoms. The topological polar surface area (TPSA) is 54.4 Å². The molecule has 2 heterocycles. The van der Waals surface area contributed by atoms with E-state index in [0.29, 0.717) is 15.1 Å². The fourth-order valence-electron chi connectivity index (χ4n) is 1.89. The van der Waals surface area contributed by atoms with Crippen LogP contribution in [0.2, 0.25) is 5.02 Å². The minimum atomic E-state index is -0.140. The molecule has 0 radical (unpaired) electrons. The first-order chi connectivity index (χ1) is 10.1. The van der Waals surface area contributed by atoms with Gasteiger partial charge in [0.2, 0.25) is 0 Å². The number of aliphatic imine (C=N–C) groups is 1. The summed E-state index contributed by atoms with van der Waals surface area (Å²) in [5.74, 6) is 0.784. The molecular formula is C14H12ClN3OS2. The molecule has 1 aromatic carbocycles. The number of aryl methyl sites for hydroxylation is 1. The van der Waals surface area contributed by atoms with Gasteiger partial charge in [0.05, 0.1) is 12.2 Å². The van der Waals surface area contributed by atoms with Crippen molar-refractivity contribution in [3.63, 3.8) is 0 Å². The summed E-state index contributed by atoms with van der Waals surface area (Å²) in [6, 6.07) is 7.44. The molecule has 2 aromatic rings. The standard InChI is InChI=1S/C14H12ClN3OS2/c1-8-11(12(19)18-14-16-6-7-20-14)21-13(17-8)9-2-4-10(15)5-3-9/h2-5H,6-7H2,1H3,(H,16,18,19). The van der Waals surface area contributed by atoms with E-state index in [1.807, 2.05) is 31.2 Å². The van der Waals surface area contributed by atoms with E-state index in [-0.39, 0.29) is 5.91 Å². The smallest absolute Gasteiger partial charge is 0.269 e. The van der Waals surface area contributed by atoms with Crippen LogP contribution < -0.4 is 5.32 Å². The third-order valence-electron chi connectivity index (χ3n) is 2.90. The number of carbonyl (C=O) groups is 1. The minimum Gasteiger partial charge on any atom is -0.301 e. The van der Waals surface area contributed by atoms with E-state index >= 15 is 0 Å². The van der Waals surface area contributed by atoms with Gasteiger partial charge in [-0.2, -0.15) is 0 Å². The van der Waals surface area contributed by atoms with Crippen LogP contribution in [0, 0.1) is 6.92 Å². The van der Waals surface area contributed by atoms with Crippen molar-refractivity contribution >= 4 is 45.8 Å². The number of rotatable bonds is 2. The third-order valence-corrected chi connectivity index (χ3v) is 5.25. The maximum Gasteiger partial charge on any atom is 0.269 e. The summed E-state index contributed by atoms with van der Waals surface area (Å²) >= 11 is 8.83. The van der Waals surface area contributed by atoms with Gasteiger partial charge in [0.25, 0.3) is 5.91 Å². The Labute approximate surface area is 135 Å². The molecule has 0 unspecified atom stereocenters. The van der Waals surface area contributed by atoms with Crippen molar-refractivity contribution in [2.45, 2.75) is 6.92 Å². The van der Waals surface area contributed by atoms with Crippen LogP contribution >= 0.6 is 34.7 Å². The lowest BCUT2D eigenvalue weighted by Gasteiger charge is -2.01. The van der Waals surface area contributed by atoms with Gasteiger partial charge in [-0.05, 0) is 19.1 Å². The number of hydrogen-bond donors (Lipinski definition) is 1. The Morgan fingerprint density at radius 1 is 1.33 bits per heavy atom. The molecule has 1 aliphatic heterocycles. The van der Waals surface area contributed by atoms with Crippen molar-refractivity contribution in [1.29, 1.82) is 0 Å². The Hall–Kier alpha value is -1.37. The number of amides is 1. The molecule has 1 aromatic heterocycles. The maximum absolute atomic E-state index is 12.3. The summed E-state index contributed by atoms with van der Waals surface area (Å²) in [6.45, 7) is 2.60. The normalized spacial score (nSPS) is 14.1. The molecule has 0 atom stereocenters. The fraction of sp³-hybridized carbons (Fsp3) is 0.214. The van der Waals surface area contributed by atoms with E-state index < -0.39 is 0 Å². The molecule has 0 saturated carbocycles. The number of nitrogens with zero attached hydrogens (tertiary/aromatic N) is 2. The van der Waals surface area contributed by atoms with Gasteiger partial charge in [-0.1, -0.05) is 35.5 Å². The van der Waals surface area contributed by atoms with Crippen LogP contribution in [0.15, 0.2) is 29.3 Å². The summed E-state index contributed by atoms with van der Waals surface area (Å²) < 4.78 is 0. The summed E-state index contributed by atoms with van der Waals surface area (Å²) in [5, 5.41) is 5.03. The number of halogens is 1. The van der Waals surface area contributed by atoms with E-state index in [1.165, 1.54) is 11.3 Å². The first-order valence-corrected chi connectivity index (χ1v) is 8.53. The Morgan fingerprint density at radius 3 is 2.76 bits per heavy atom. The van der Waals surface area contributed by atoms with E-state index in [4.69, 9.17) is 11.6 Å². The van der Waals surface area contributed by atoms with Crippen molar-refractivity contribution in [2.75, 3.05) is 12.3 Å². The highest BCUT2D eigenvalue weighted by atomic mass is 35.5. The number of nitrogens with one attached hydrogen (secondary N) is 1. The first-order valence-electron chi connectivity index (χ1n) is 6.35. The van der Waals surface area contributed by atoms with Crippen molar-refractivity contribution in [3.05, 3.63) is 39.9 Å². The molecular weight excluding hydrogens is 326 g/mol. The zero-order chi connectivity index (χ0) is 14.8. The van der Waals surface area contributed by atoms with Crippen LogP contribution in [0.4, 0.5) is 0 Å². The second kappa shape index (κ2) is 6.17. The van der Waals surface area contributed by atoms with Gasteiger partial charge in [0, 0.05) is 16.3 Å². The number of thiazole rings is 1. The van der Waals surface area contributed by atoms with Crippen LogP contribution in [0.5, 0.6) is 0 Å². The zero-order valence-electron chi connectivity index (χ0n) is 11.2. The second-order valence-electron chi connectivity index (χ2n) is 4.43. The van der Waals surface area contributed by atoms with Gasteiger partial charge in [0.15, 0.2) is 5.17 Å². The molecule has 0 aliphatic carbocycles. The summed E-state index contributed by atoms with van der Waals surface area (Å²) in [6.07, 6.45) is 0. The quantitative estimate of drug-likeness (QED) is 0.910. The molecule has 1 N–H and O–H groups in total. The van der Waals surface area contributed by atoms with E-state index in [9.17, 15) is 4.79 Å². The average molecular weight is 338 g/mol. The number of carbonyl (C=O) groups excluding carboxylic acids is 1. The number of aromatic nitrogens is 1. The number of thioether (sulfide) groups is 1. The molecule has 108 valence electrons. The van der Waals surface area contributed by atoms with Gasteiger partial charge >= 0.3 is 0 Å². The molecule has 4 nitrogen and oxygen atoms in total. The molecule has 0 bridgehead atoms. The Bertz CT molecular complexity index is 710. The lowest BCUT2D eigenvalue weighted by Crippen LogP contribution is -2.27. The molecule has 21 heavy (non-hydrogen) atoms. The predicted molar refractivity (Wildman–Crippen MR) is 89.5 cm³/mol. The molecule has 0 fully saturated rings. The van der Waals surface area contributed by atoms with Crippen LogP contribution in [0.3, 0.4) is 0 Å². The predicted octanol–water partition coefficient (Wildman–Crippen LogP) is 3.60.